The van der Waals surface area contributed by atoms with E-state index in [0.717, 1.165) is 65.2 Å². The van der Waals surface area contributed by atoms with Gasteiger partial charge in [0.05, 0.1) is 18.7 Å². The third-order valence-electron chi connectivity index (χ3n) is 6.92. The van der Waals surface area contributed by atoms with Gasteiger partial charge in [0.15, 0.2) is 0 Å². The molecular formula is C25H30N6O2. The van der Waals surface area contributed by atoms with Crippen molar-refractivity contribution in [2.24, 2.45) is 0 Å². The van der Waals surface area contributed by atoms with Crippen LogP contribution in [0.25, 0.3) is 10.9 Å². The van der Waals surface area contributed by atoms with Gasteiger partial charge in [0.25, 0.3) is 0 Å². The molecule has 1 atom stereocenters. The second-order valence-corrected chi connectivity index (χ2v) is 9.01. The Balaban J connectivity index is 1.33. The van der Waals surface area contributed by atoms with Crippen molar-refractivity contribution in [2.45, 2.75) is 45.1 Å². The molecule has 1 saturated heterocycles. The number of hydrogen-bond donors (Lipinski definition) is 2. The van der Waals surface area contributed by atoms with Crippen LogP contribution in [-0.4, -0.2) is 63.2 Å². The molecule has 2 aliphatic heterocycles. The van der Waals surface area contributed by atoms with E-state index >= 15 is 0 Å². The van der Waals surface area contributed by atoms with Crippen LogP contribution in [0.5, 0.6) is 0 Å². The van der Waals surface area contributed by atoms with Crippen LogP contribution >= 0.6 is 0 Å². The summed E-state index contributed by atoms with van der Waals surface area (Å²) in [5.41, 5.74) is 4.12. The number of carbonyl (C=O) groups excluding carboxylic acids is 2. The number of benzene rings is 1. The van der Waals surface area contributed by atoms with Crippen molar-refractivity contribution in [1.29, 1.82) is 0 Å². The van der Waals surface area contributed by atoms with Gasteiger partial charge in [-0.2, -0.15) is 0 Å². The Bertz CT molecular complexity index is 1190. The van der Waals surface area contributed by atoms with Gasteiger partial charge in [-0.25, -0.2) is 9.97 Å². The highest BCUT2D eigenvalue weighted by Crippen LogP contribution is 2.30. The van der Waals surface area contributed by atoms with Gasteiger partial charge < -0.3 is 20.1 Å². The Morgan fingerprint density at radius 1 is 1.18 bits per heavy atom. The van der Waals surface area contributed by atoms with E-state index in [2.05, 4.69) is 16.4 Å². The van der Waals surface area contributed by atoms with Crippen molar-refractivity contribution in [1.82, 2.24) is 24.8 Å². The van der Waals surface area contributed by atoms with E-state index in [9.17, 15) is 9.59 Å². The molecule has 172 valence electrons. The maximum Gasteiger partial charge on any atom is 0.227 e. The van der Waals surface area contributed by atoms with E-state index in [4.69, 9.17) is 9.97 Å². The maximum absolute atomic E-state index is 13.2. The zero-order chi connectivity index (χ0) is 22.9. The van der Waals surface area contributed by atoms with Crippen LogP contribution in [0.2, 0.25) is 0 Å². The lowest BCUT2D eigenvalue weighted by Crippen LogP contribution is -2.40. The Morgan fingerprint density at radius 3 is 2.85 bits per heavy atom. The monoisotopic (exact) mass is 446 g/mol. The van der Waals surface area contributed by atoms with Crippen LogP contribution < -0.4 is 5.32 Å². The lowest BCUT2D eigenvalue weighted by atomic mass is 9.95. The van der Waals surface area contributed by atoms with Crippen molar-refractivity contribution in [2.75, 3.05) is 32.0 Å². The quantitative estimate of drug-likeness (QED) is 0.643. The van der Waals surface area contributed by atoms with Gasteiger partial charge in [-0.3, -0.25) is 9.59 Å². The van der Waals surface area contributed by atoms with Gasteiger partial charge in [-0.15, -0.1) is 0 Å². The van der Waals surface area contributed by atoms with Crippen molar-refractivity contribution < 1.29 is 9.59 Å². The number of amides is 2. The maximum atomic E-state index is 13.2. The van der Waals surface area contributed by atoms with Crippen molar-refractivity contribution >= 4 is 28.5 Å². The number of hydrogen-bond acceptors (Lipinski definition) is 5. The molecule has 2 amide bonds. The molecule has 5 rings (SSSR count). The minimum absolute atomic E-state index is 0.0726. The fraction of sp³-hybridized carbons (Fsp3) is 0.440. The predicted octanol–water partition coefficient (Wildman–Crippen LogP) is 2.85. The molecule has 8 nitrogen and oxygen atoms in total. The van der Waals surface area contributed by atoms with E-state index in [1.165, 1.54) is 0 Å². The second kappa shape index (κ2) is 8.84. The normalized spacial score (nSPS) is 18.3. The highest BCUT2D eigenvalue weighted by molar-refractivity contribution is 5.89. The Hall–Kier alpha value is -3.42. The van der Waals surface area contributed by atoms with E-state index in [1.807, 2.05) is 41.2 Å². The number of likely N-dealkylation sites (tertiary alicyclic amines) is 1. The predicted molar refractivity (Wildman–Crippen MR) is 127 cm³/mol. The first-order valence-electron chi connectivity index (χ1n) is 11.7. The van der Waals surface area contributed by atoms with Gasteiger partial charge >= 0.3 is 0 Å². The summed E-state index contributed by atoms with van der Waals surface area (Å²) in [6, 6.07) is 8.09. The molecule has 2 aromatic heterocycles. The molecule has 1 unspecified atom stereocenters. The summed E-state index contributed by atoms with van der Waals surface area (Å²) >= 11 is 0. The van der Waals surface area contributed by atoms with Crippen molar-refractivity contribution in [3.05, 3.63) is 53.1 Å². The molecular weight excluding hydrogens is 416 g/mol. The number of aromatic nitrogens is 3. The summed E-state index contributed by atoms with van der Waals surface area (Å²) in [5.74, 6) is 1.94. The Kier molecular flexibility index (Phi) is 5.74. The molecule has 0 aliphatic carbocycles. The van der Waals surface area contributed by atoms with Gasteiger partial charge in [0, 0.05) is 68.6 Å². The first kappa shape index (κ1) is 21.4. The van der Waals surface area contributed by atoms with Crippen LogP contribution in [0.15, 0.2) is 30.5 Å². The number of H-pyrrole nitrogens is 1. The fourth-order valence-corrected chi connectivity index (χ4v) is 5.06. The standard InChI is InChI=1S/C25H30N6O2/c1-16(32)30-11-9-22-20(15-30)25(26-2)29-24(28-22)17-6-5-10-31(14-17)23(33)12-18-13-27-21-8-4-3-7-19(18)21/h3-4,7-8,13,17,27H,5-6,9-12,14-15H2,1-2H3,(H,26,28,29). The van der Waals surface area contributed by atoms with E-state index in [-0.39, 0.29) is 17.7 Å². The summed E-state index contributed by atoms with van der Waals surface area (Å²) in [7, 11) is 1.86. The molecule has 0 radical (unpaired) electrons. The Labute approximate surface area is 193 Å². The molecule has 8 heteroatoms. The summed E-state index contributed by atoms with van der Waals surface area (Å²) < 4.78 is 0. The smallest absolute Gasteiger partial charge is 0.227 e. The molecule has 1 aromatic carbocycles. The van der Waals surface area contributed by atoms with E-state index in [1.54, 1.807) is 6.92 Å². The summed E-state index contributed by atoms with van der Waals surface area (Å²) in [4.78, 5) is 41.8. The topological polar surface area (TPSA) is 94.2 Å². The number of carbonyl (C=O) groups is 2. The third-order valence-corrected chi connectivity index (χ3v) is 6.92. The summed E-state index contributed by atoms with van der Waals surface area (Å²) in [6.07, 6.45) is 4.98. The average molecular weight is 447 g/mol. The molecule has 1 fully saturated rings. The molecule has 33 heavy (non-hydrogen) atoms. The van der Waals surface area contributed by atoms with Gasteiger partial charge in [0.1, 0.15) is 11.6 Å². The number of nitrogens with zero attached hydrogens (tertiary/aromatic N) is 4. The largest absolute Gasteiger partial charge is 0.373 e. The highest BCUT2D eigenvalue weighted by Gasteiger charge is 2.30. The molecule has 3 aromatic rings. The summed E-state index contributed by atoms with van der Waals surface area (Å²) in [6.45, 7) is 4.24. The minimum Gasteiger partial charge on any atom is -0.373 e. The molecule has 0 saturated carbocycles. The third kappa shape index (κ3) is 4.17. The van der Waals surface area contributed by atoms with Gasteiger partial charge in [0.2, 0.25) is 11.8 Å². The molecule has 4 heterocycles. The molecule has 2 aliphatic rings. The van der Waals surface area contributed by atoms with Gasteiger partial charge in [-0.05, 0) is 24.5 Å². The number of fused-ring (bicyclic) bond motifs is 2. The number of anilines is 1. The Morgan fingerprint density at radius 2 is 2.03 bits per heavy atom. The first-order valence-corrected chi connectivity index (χ1v) is 11.7. The van der Waals surface area contributed by atoms with Crippen LogP contribution in [0.3, 0.4) is 0 Å². The van der Waals surface area contributed by atoms with Crippen LogP contribution in [0.4, 0.5) is 5.82 Å². The second-order valence-electron chi connectivity index (χ2n) is 9.01. The lowest BCUT2D eigenvalue weighted by molar-refractivity contribution is -0.131. The fourth-order valence-electron chi connectivity index (χ4n) is 5.06. The number of piperidine rings is 1. The number of nitrogens with one attached hydrogen (secondary N) is 2. The van der Waals surface area contributed by atoms with E-state index in [0.29, 0.717) is 26.1 Å². The first-order chi connectivity index (χ1) is 16.0. The number of aromatic amines is 1. The molecule has 0 bridgehead atoms. The zero-order valence-corrected chi connectivity index (χ0v) is 19.2. The van der Waals surface area contributed by atoms with Crippen molar-refractivity contribution in [3.8, 4) is 0 Å². The van der Waals surface area contributed by atoms with Crippen LogP contribution in [0, 0.1) is 0 Å². The lowest BCUT2D eigenvalue weighted by Gasteiger charge is -2.33. The van der Waals surface area contributed by atoms with Crippen LogP contribution in [-0.2, 0) is 29.0 Å². The molecule has 0 spiro atoms. The SMILES string of the molecule is CNc1nc(C2CCCN(C(=O)Cc3c[nH]c4ccccc34)C2)nc2c1CN(C(C)=O)CC2. The molecule has 2 N–H and O–H groups in total. The van der Waals surface area contributed by atoms with Crippen molar-refractivity contribution in [3.63, 3.8) is 0 Å². The zero-order valence-electron chi connectivity index (χ0n) is 19.2. The van der Waals surface area contributed by atoms with E-state index < -0.39 is 0 Å². The number of para-hydroxylation sites is 1. The van der Waals surface area contributed by atoms with Gasteiger partial charge in [-0.1, -0.05) is 18.2 Å². The minimum atomic E-state index is 0.0726. The van der Waals surface area contributed by atoms with Crippen LogP contribution in [0.1, 0.15) is 48.3 Å². The average Bonchev–Trinajstić information content (AvgIpc) is 3.25. The highest BCUT2D eigenvalue weighted by atomic mass is 16.2. The summed E-state index contributed by atoms with van der Waals surface area (Å²) in [5, 5.41) is 4.31. The number of rotatable bonds is 4.